The number of sulfonamides is 1. The van der Waals surface area contributed by atoms with Gasteiger partial charge in [-0.3, -0.25) is 4.72 Å². The molecular formula is C14H14BrFN2O2S. The zero-order valence-electron chi connectivity index (χ0n) is 11.2. The van der Waals surface area contributed by atoms with Crippen LogP contribution in [-0.4, -0.2) is 8.42 Å². The van der Waals surface area contributed by atoms with Crippen molar-refractivity contribution in [2.24, 2.45) is 0 Å². The van der Waals surface area contributed by atoms with E-state index in [1.54, 1.807) is 12.1 Å². The van der Waals surface area contributed by atoms with E-state index in [2.05, 4.69) is 20.7 Å². The summed E-state index contributed by atoms with van der Waals surface area (Å²) in [4.78, 5) is -0.165. The van der Waals surface area contributed by atoms with E-state index >= 15 is 0 Å². The van der Waals surface area contributed by atoms with Gasteiger partial charge in [0, 0.05) is 0 Å². The topological polar surface area (TPSA) is 72.2 Å². The van der Waals surface area contributed by atoms with Gasteiger partial charge >= 0.3 is 0 Å². The number of hydrogen-bond donors (Lipinski definition) is 2. The van der Waals surface area contributed by atoms with Crippen LogP contribution in [0.4, 0.5) is 15.8 Å². The fourth-order valence-corrected chi connectivity index (χ4v) is 3.64. The van der Waals surface area contributed by atoms with Crippen LogP contribution in [0.5, 0.6) is 0 Å². The molecule has 0 fully saturated rings. The van der Waals surface area contributed by atoms with Gasteiger partial charge < -0.3 is 5.73 Å². The first kappa shape index (κ1) is 15.8. The summed E-state index contributed by atoms with van der Waals surface area (Å²) in [5.74, 6) is -0.611. The molecule has 0 unspecified atom stereocenters. The average Bonchev–Trinajstić information content (AvgIpc) is 2.43. The molecular weight excluding hydrogens is 359 g/mol. The lowest BCUT2D eigenvalue weighted by Gasteiger charge is -2.13. The molecule has 4 nitrogen and oxygen atoms in total. The Morgan fingerprint density at radius 1 is 1.29 bits per heavy atom. The number of nitrogens with two attached hydrogens (primary N) is 1. The first-order chi connectivity index (χ1) is 9.85. The van der Waals surface area contributed by atoms with Gasteiger partial charge in [0.1, 0.15) is 10.7 Å². The van der Waals surface area contributed by atoms with Crippen molar-refractivity contribution in [2.45, 2.75) is 18.2 Å². The van der Waals surface area contributed by atoms with E-state index in [0.717, 1.165) is 17.7 Å². The SMILES string of the molecule is CCc1ccccc1NS(=O)(=O)c1cc(Br)c(F)cc1N. The molecule has 0 aliphatic carbocycles. The van der Waals surface area contributed by atoms with Crippen LogP contribution in [0.2, 0.25) is 0 Å². The van der Waals surface area contributed by atoms with Gasteiger partial charge in [0.25, 0.3) is 10.0 Å². The van der Waals surface area contributed by atoms with Gasteiger partial charge in [0.2, 0.25) is 0 Å². The van der Waals surface area contributed by atoms with E-state index in [0.29, 0.717) is 12.1 Å². The second kappa shape index (κ2) is 6.03. The smallest absolute Gasteiger partial charge is 0.263 e. The van der Waals surface area contributed by atoms with Crippen LogP contribution >= 0.6 is 15.9 Å². The number of anilines is 2. The van der Waals surface area contributed by atoms with Crippen molar-refractivity contribution in [1.29, 1.82) is 0 Å². The fourth-order valence-electron chi connectivity index (χ4n) is 1.90. The summed E-state index contributed by atoms with van der Waals surface area (Å²) in [6, 6.07) is 9.21. The van der Waals surface area contributed by atoms with Gasteiger partial charge in [0.05, 0.1) is 15.8 Å². The minimum atomic E-state index is -3.89. The van der Waals surface area contributed by atoms with Crippen molar-refractivity contribution in [3.8, 4) is 0 Å². The van der Waals surface area contributed by atoms with E-state index in [1.165, 1.54) is 0 Å². The molecule has 0 saturated heterocycles. The number of benzene rings is 2. The first-order valence-electron chi connectivity index (χ1n) is 6.20. The molecule has 0 heterocycles. The van der Waals surface area contributed by atoms with Crippen molar-refractivity contribution in [2.75, 3.05) is 10.5 Å². The predicted octanol–water partition coefficient (Wildman–Crippen LogP) is 3.53. The minimum Gasteiger partial charge on any atom is -0.398 e. The van der Waals surface area contributed by atoms with Crippen molar-refractivity contribution in [3.63, 3.8) is 0 Å². The summed E-state index contributed by atoms with van der Waals surface area (Å²) in [5, 5.41) is 0. The summed E-state index contributed by atoms with van der Waals surface area (Å²) < 4.78 is 40.7. The van der Waals surface area contributed by atoms with E-state index in [1.807, 2.05) is 19.1 Å². The molecule has 7 heteroatoms. The number of nitrogens with one attached hydrogen (secondary N) is 1. The summed E-state index contributed by atoms with van der Waals surface area (Å²) in [7, 11) is -3.89. The molecule has 0 atom stereocenters. The van der Waals surface area contributed by atoms with E-state index in [4.69, 9.17) is 5.73 Å². The molecule has 2 aromatic carbocycles. The van der Waals surface area contributed by atoms with E-state index in [9.17, 15) is 12.8 Å². The lowest BCUT2D eigenvalue weighted by molar-refractivity contribution is 0.599. The Balaban J connectivity index is 2.46. The van der Waals surface area contributed by atoms with Crippen LogP contribution in [0.3, 0.4) is 0 Å². The van der Waals surface area contributed by atoms with Crippen LogP contribution in [-0.2, 0) is 16.4 Å². The second-order valence-corrected chi connectivity index (χ2v) is 6.93. The molecule has 0 bridgehead atoms. The largest absolute Gasteiger partial charge is 0.398 e. The Morgan fingerprint density at radius 2 is 1.95 bits per heavy atom. The quantitative estimate of drug-likeness (QED) is 0.806. The minimum absolute atomic E-state index is 0.0425. The third kappa shape index (κ3) is 3.36. The highest BCUT2D eigenvalue weighted by Crippen LogP contribution is 2.28. The van der Waals surface area contributed by atoms with Crippen LogP contribution in [0.1, 0.15) is 12.5 Å². The molecule has 0 spiro atoms. The summed E-state index contributed by atoms with van der Waals surface area (Å²) >= 11 is 2.96. The molecule has 0 radical (unpaired) electrons. The van der Waals surface area contributed by atoms with Crippen molar-refractivity contribution < 1.29 is 12.8 Å². The highest BCUT2D eigenvalue weighted by Gasteiger charge is 2.20. The number of halogens is 2. The number of rotatable bonds is 4. The van der Waals surface area contributed by atoms with Gasteiger partial charge in [-0.05, 0) is 46.1 Å². The maximum atomic E-state index is 13.4. The van der Waals surface area contributed by atoms with Gasteiger partial charge in [-0.2, -0.15) is 0 Å². The number of nitrogen functional groups attached to an aromatic ring is 1. The number of aryl methyl sites for hydroxylation is 1. The molecule has 3 N–H and O–H groups in total. The molecule has 0 amide bonds. The molecule has 2 aromatic rings. The van der Waals surface area contributed by atoms with Crippen molar-refractivity contribution in [3.05, 3.63) is 52.3 Å². The number of para-hydroxylation sites is 1. The van der Waals surface area contributed by atoms with Gasteiger partial charge in [-0.15, -0.1) is 0 Å². The van der Waals surface area contributed by atoms with Crippen LogP contribution < -0.4 is 10.5 Å². The zero-order chi connectivity index (χ0) is 15.6. The van der Waals surface area contributed by atoms with Crippen LogP contribution in [0.25, 0.3) is 0 Å². The van der Waals surface area contributed by atoms with Crippen molar-refractivity contribution in [1.82, 2.24) is 0 Å². The Morgan fingerprint density at radius 3 is 2.62 bits per heavy atom. The first-order valence-corrected chi connectivity index (χ1v) is 8.48. The predicted molar refractivity (Wildman–Crippen MR) is 85.1 cm³/mol. The maximum absolute atomic E-state index is 13.4. The molecule has 112 valence electrons. The highest BCUT2D eigenvalue weighted by molar-refractivity contribution is 9.10. The lowest BCUT2D eigenvalue weighted by atomic mass is 10.1. The van der Waals surface area contributed by atoms with Gasteiger partial charge in [0.15, 0.2) is 0 Å². The molecule has 0 aromatic heterocycles. The van der Waals surface area contributed by atoms with E-state index in [-0.39, 0.29) is 15.1 Å². The van der Waals surface area contributed by atoms with E-state index < -0.39 is 15.8 Å². The summed E-state index contributed by atoms with van der Waals surface area (Å²) in [6.45, 7) is 1.93. The third-order valence-corrected chi connectivity index (χ3v) is 5.01. The summed E-state index contributed by atoms with van der Waals surface area (Å²) in [6.07, 6.45) is 0.682. The third-order valence-electron chi connectivity index (χ3n) is 2.98. The number of hydrogen-bond acceptors (Lipinski definition) is 3. The standard InChI is InChI=1S/C14H14BrFN2O2S/c1-2-9-5-3-4-6-13(9)18-21(19,20)14-7-10(15)11(16)8-12(14)17/h3-8,18H,2,17H2,1H3. The normalized spacial score (nSPS) is 11.4. The molecule has 0 aliphatic heterocycles. The highest BCUT2D eigenvalue weighted by atomic mass is 79.9. The maximum Gasteiger partial charge on any atom is 0.263 e. The zero-order valence-corrected chi connectivity index (χ0v) is 13.6. The molecule has 0 saturated carbocycles. The summed E-state index contributed by atoms with van der Waals surface area (Å²) in [5.41, 5.74) is 6.83. The Kier molecular flexibility index (Phi) is 4.53. The van der Waals surface area contributed by atoms with Crippen molar-refractivity contribution >= 4 is 37.3 Å². The van der Waals surface area contributed by atoms with Crippen LogP contribution in [0, 0.1) is 5.82 Å². The van der Waals surface area contributed by atoms with Crippen LogP contribution in [0.15, 0.2) is 45.8 Å². The molecule has 21 heavy (non-hydrogen) atoms. The molecule has 0 aliphatic rings. The fraction of sp³-hybridized carbons (Fsp3) is 0.143. The molecule has 2 rings (SSSR count). The Bertz CT molecular complexity index is 779. The average molecular weight is 373 g/mol. The van der Waals surface area contributed by atoms with Gasteiger partial charge in [-0.1, -0.05) is 25.1 Å². The Labute approximate surface area is 131 Å². The monoisotopic (exact) mass is 372 g/mol. The lowest BCUT2D eigenvalue weighted by Crippen LogP contribution is -2.16. The van der Waals surface area contributed by atoms with Gasteiger partial charge in [-0.25, -0.2) is 12.8 Å². The second-order valence-electron chi connectivity index (χ2n) is 4.42. The Hall–Kier alpha value is -1.60.